The van der Waals surface area contributed by atoms with Gasteiger partial charge in [-0.15, -0.1) is 11.3 Å². The van der Waals surface area contributed by atoms with Crippen LogP contribution >= 0.6 is 11.3 Å². The molecule has 0 fully saturated rings. The summed E-state index contributed by atoms with van der Waals surface area (Å²) in [6.07, 6.45) is 1.51. The van der Waals surface area contributed by atoms with Gasteiger partial charge in [0.15, 0.2) is 0 Å². The molecule has 2 aromatic rings. The predicted octanol–water partition coefficient (Wildman–Crippen LogP) is 2.46. The van der Waals surface area contributed by atoms with Gasteiger partial charge in [0.2, 0.25) is 5.88 Å². The van der Waals surface area contributed by atoms with Gasteiger partial charge < -0.3 is 10.2 Å². The van der Waals surface area contributed by atoms with E-state index in [2.05, 4.69) is 0 Å². The summed E-state index contributed by atoms with van der Waals surface area (Å²) in [5.74, 6) is 0.186. The summed E-state index contributed by atoms with van der Waals surface area (Å²) >= 11 is 1.55. The van der Waals surface area contributed by atoms with Crippen LogP contribution in [-0.4, -0.2) is 0 Å². The maximum absolute atomic E-state index is 8.80. The van der Waals surface area contributed by atoms with Gasteiger partial charge in [-0.2, -0.15) is 5.26 Å². The first kappa shape index (κ1) is 7.90. The fourth-order valence-electron chi connectivity index (χ4n) is 1.10. The van der Waals surface area contributed by atoms with E-state index in [-0.39, 0.29) is 5.88 Å². The van der Waals surface area contributed by atoms with Gasteiger partial charge >= 0.3 is 0 Å². The Morgan fingerprint density at radius 2 is 2.38 bits per heavy atom. The zero-order valence-corrected chi connectivity index (χ0v) is 7.47. The Morgan fingerprint density at radius 1 is 1.54 bits per heavy atom. The molecular formula is C9H6N2OS. The number of rotatable bonds is 1. The van der Waals surface area contributed by atoms with Gasteiger partial charge in [0.1, 0.15) is 17.9 Å². The maximum Gasteiger partial charge on any atom is 0.208 e. The van der Waals surface area contributed by atoms with Crippen LogP contribution in [0, 0.1) is 11.3 Å². The average molecular weight is 190 g/mol. The average Bonchev–Trinajstić information content (AvgIpc) is 2.71. The minimum atomic E-state index is 0.186. The Labute approximate surface area is 79.0 Å². The number of hydrogen-bond donors (Lipinski definition) is 1. The van der Waals surface area contributed by atoms with Crippen LogP contribution in [0.3, 0.4) is 0 Å². The minimum Gasteiger partial charge on any atom is -0.447 e. The van der Waals surface area contributed by atoms with Gasteiger partial charge in [-0.1, -0.05) is 6.07 Å². The number of nitrogens with two attached hydrogens (primary N) is 1. The number of furan rings is 1. The summed E-state index contributed by atoms with van der Waals surface area (Å²) in [6, 6.07) is 5.87. The van der Waals surface area contributed by atoms with Gasteiger partial charge in [-0.25, -0.2) is 0 Å². The van der Waals surface area contributed by atoms with Crippen LogP contribution < -0.4 is 5.73 Å². The fraction of sp³-hybridized carbons (Fsp3) is 0. The van der Waals surface area contributed by atoms with Crippen molar-refractivity contribution in [3.63, 3.8) is 0 Å². The molecule has 2 aromatic heterocycles. The Hall–Kier alpha value is -1.73. The highest BCUT2D eigenvalue weighted by molar-refractivity contribution is 7.13. The van der Waals surface area contributed by atoms with E-state index < -0.39 is 0 Å². The fourth-order valence-corrected chi connectivity index (χ4v) is 1.84. The van der Waals surface area contributed by atoms with E-state index >= 15 is 0 Å². The largest absolute Gasteiger partial charge is 0.447 e. The molecule has 0 atom stereocenters. The quantitative estimate of drug-likeness (QED) is 0.751. The van der Waals surface area contributed by atoms with Crippen molar-refractivity contribution in [1.29, 1.82) is 5.26 Å². The summed E-state index contributed by atoms with van der Waals surface area (Å²) in [4.78, 5) is 0.997. The lowest BCUT2D eigenvalue weighted by Gasteiger charge is -1.89. The van der Waals surface area contributed by atoms with E-state index in [4.69, 9.17) is 15.4 Å². The molecule has 3 nitrogen and oxygen atoms in total. The molecule has 0 unspecified atom stereocenters. The van der Waals surface area contributed by atoms with Crippen molar-refractivity contribution in [1.82, 2.24) is 0 Å². The van der Waals surface area contributed by atoms with Crippen LogP contribution in [0.4, 0.5) is 5.88 Å². The zero-order valence-electron chi connectivity index (χ0n) is 6.65. The normalized spacial score (nSPS) is 9.77. The molecule has 0 aromatic carbocycles. The third-order valence-electron chi connectivity index (χ3n) is 1.72. The molecule has 0 aliphatic heterocycles. The monoisotopic (exact) mass is 190 g/mol. The minimum absolute atomic E-state index is 0.186. The van der Waals surface area contributed by atoms with Crippen LogP contribution in [0.2, 0.25) is 0 Å². The standard InChI is InChI=1S/C9H6N2OS/c10-4-6-7(5-12-9(6)11)8-2-1-3-13-8/h1-3,5H,11H2. The molecular weight excluding hydrogens is 184 g/mol. The van der Waals surface area contributed by atoms with E-state index in [1.807, 2.05) is 23.6 Å². The summed E-state index contributed by atoms with van der Waals surface area (Å²) < 4.78 is 4.97. The van der Waals surface area contributed by atoms with Crippen molar-refractivity contribution in [3.8, 4) is 16.5 Å². The van der Waals surface area contributed by atoms with Gasteiger partial charge in [0, 0.05) is 4.88 Å². The molecule has 4 heteroatoms. The molecule has 2 N–H and O–H groups in total. The lowest BCUT2D eigenvalue weighted by atomic mass is 10.2. The summed E-state index contributed by atoms with van der Waals surface area (Å²) in [5.41, 5.74) is 6.67. The molecule has 0 spiro atoms. The molecule has 0 amide bonds. The molecule has 0 radical (unpaired) electrons. The van der Waals surface area contributed by atoms with Crippen molar-refractivity contribution in [3.05, 3.63) is 29.3 Å². The van der Waals surface area contributed by atoms with Gasteiger partial charge in [0.05, 0.1) is 5.56 Å². The van der Waals surface area contributed by atoms with Crippen LogP contribution in [-0.2, 0) is 0 Å². The topological polar surface area (TPSA) is 63.0 Å². The third kappa shape index (κ3) is 1.19. The molecule has 2 rings (SSSR count). The number of nitrogen functional groups attached to an aromatic ring is 1. The molecule has 2 heterocycles. The SMILES string of the molecule is N#Cc1c(-c2cccs2)coc1N. The number of nitriles is 1. The number of thiophene rings is 1. The molecule has 64 valence electrons. The second-order valence-electron chi connectivity index (χ2n) is 2.48. The smallest absolute Gasteiger partial charge is 0.208 e. The predicted molar refractivity (Wildman–Crippen MR) is 51.1 cm³/mol. The maximum atomic E-state index is 8.80. The van der Waals surface area contributed by atoms with Crippen molar-refractivity contribution < 1.29 is 4.42 Å². The van der Waals surface area contributed by atoms with Crippen LogP contribution in [0.5, 0.6) is 0 Å². The first-order valence-corrected chi connectivity index (χ1v) is 4.52. The zero-order chi connectivity index (χ0) is 9.26. The first-order chi connectivity index (χ1) is 6.33. The number of anilines is 1. The van der Waals surface area contributed by atoms with Gasteiger partial charge in [-0.05, 0) is 11.4 Å². The Balaban J connectivity index is 2.60. The van der Waals surface area contributed by atoms with Crippen molar-refractivity contribution in [2.45, 2.75) is 0 Å². The van der Waals surface area contributed by atoms with E-state index in [1.54, 1.807) is 11.3 Å². The van der Waals surface area contributed by atoms with Crippen LogP contribution in [0.15, 0.2) is 28.2 Å². The van der Waals surface area contributed by atoms with Crippen molar-refractivity contribution in [2.75, 3.05) is 5.73 Å². The summed E-state index contributed by atoms with van der Waals surface area (Å²) in [7, 11) is 0. The van der Waals surface area contributed by atoms with E-state index in [0.29, 0.717) is 5.56 Å². The number of hydrogen-bond acceptors (Lipinski definition) is 4. The molecule has 0 saturated carbocycles. The van der Waals surface area contributed by atoms with Gasteiger partial charge in [-0.3, -0.25) is 0 Å². The van der Waals surface area contributed by atoms with Crippen molar-refractivity contribution in [2.24, 2.45) is 0 Å². The van der Waals surface area contributed by atoms with Crippen molar-refractivity contribution >= 4 is 17.2 Å². The Morgan fingerprint density at radius 3 is 3.00 bits per heavy atom. The van der Waals surface area contributed by atoms with E-state index in [1.165, 1.54) is 6.26 Å². The number of nitrogens with zero attached hydrogens (tertiary/aromatic N) is 1. The molecule has 0 aliphatic rings. The van der Waals surface area contributed by atoms with Gasteiger partial charge in [0.25, 0.3) is 0 Å². The Kier molecular flexibility index (Phi) is 1.80. The second kappa shape index (κ2) is 2.96. The Bertz CT molecular complexity index is 450. The lowest BCUT2D eigenvalue weighted by Crippen LogP contribution is -1.84. The third-order valence-corrected chi connectivity index (χ3v) is 2.62. The highest BCUT2D eigenvalue weighted by Crippen LogP contribution is 2.31. The first-order valence-electron chi connectivity index (χ1n) is 3.64. The molecule has 0 bridgehead atoms. The van der Waals surface area contributed by atoms with E-state index in [9.17, 15) is 0 Å². The molecule has 0 aliphatic carbocycles. The second-order valence-corrected chi connectivity index (χ2v) is 3.43. The van der Waals surface area contributed by atoms with E-state index in [0.717, 1.165) is 10.4 Å². The summed E-state index contributed by atoms with van der Waals surface area (Å²) in [5, 5.41) is 10.7. The highest BCUT2D eigenvalue weighted by atomic mass is 32.1. The lowest BCUT2D eigenvalue weighted by molar-refractivity contribution is 0.588. The summed E-state index contributed by atoms with van der Waals surface area (Å²) in [6.45, 7) is 0. The van der Waals surface area contributed by atoms with Crippen LogP contribution in [0.25, 0.3) is 10.4 Å². The van der Waals surface area contributed by atoms with Crippen LogP contribution in [0.1, 0.15) is 5.56 Å². The highest BCUT2D eigenvalue weighted by Gasteiger charge is 2.12. The molecule has 0 saturated heterocycles. The molecule has 13 heavy (non-hydrogen) atoms.